The Morgan fingerprint density at radius 2 is 2.25 bits per heavy atom. The van der Waals surface area contributed by atoms with Gasteiger partial charge >= 0.3 is 0 Å². The van der Waals surface area contributed by atoms with Gasteiger partial charge in [-0.3, -0.25) is 4.98 Å². The van der Waals surface area contributed by atoms with E-state index in [1.807, 2.05) is 12.3 Å². The van der Waals surface area contributed by atoms with E-state index in [4.69, 9.17) is 10.5 Å². The molecule has 1 heterocycles. The second-order valence-electron chi connectivity index (χ2n) is 4.93. The molecule has 0 bridgehead atoms. The Labute approximate surface area is 97.0 Å². The van der Waals surface area contributed by atoms with Gasteiger partial charge in [-0.25, -0.2) is 0 Å². The van der Waals surface area contributed by atoms with Crippen molar-refractivity contribution >= 4 is 0 Å². The topological polar surface area (TPSA) is 48.1 Å². The van der Waals surface area contributed by atoms with Gasteiger partial charge in [0.05, 0.1) is 12.8 Å². The van der Waals surface area contributed by atoms with Crippen LogP contribution >= 0.6 is 0 Å². The molecule has 1 aromatic heterocycles. The van der Waals surface area contributed by atoms with Gasteiger partial charge in [0.2, 0.25) is 0 Å². The van der Waals surface area contributed by atoms with E-state index < -0.39 is 0 Å². The van der Waals surface area contributed by atoms with Crippen LogP contribution in [0.1, 0.15) is 44.7 Å². The summed E-state index contributed by atoms with van der Waals surface area (Å²) in [6.45, 7) is 5.06. The molecule has 88 valence electrons. The third-order valence-electron chi connectivity index (χ3n) is 3.36. The Bertz CT molecular complexity index is 361. The van der Waals surface area contributed by atoms with Gasteiger partial charge in [-0.05, 0) is 36.3 Å². The van der Waals surface area contributed by atoms with Gasteiger partial charge in [-0.15, -0.1) is 0 Å². The molecule has 1 aliphatic rings. The van der Waals surface area contributed by atoms with Crippen molar-refractivity contribution in [2.45, 2.75) is 39.2 Å². The van der Waals surface area contributed by atoms with E-state index in [2.05, 4.69) is 18.8 Å². The summed E-state index contributed by atoms with van der Waals surface area (Å²) in [5, 5.41) is 0. The lowest BCUT2D eigenvalue weighted by molar-refractivity contribution is 0.315. The minimum Gasteiger partial charge on any atom is -0.492 e. The van der Waals surface area contributed by atoms with Gasteiger partial charge in [0, 0.05) is 12.2 Å². The summed E-state index contributed by atoms with van der Waals surface area (Å²) in [5.74, 6) is 0.832. The Hall–Kier alpha value is -1.09. The lowest BCUT2D eigenvalue weighted by Gasteiger charge is -2.19. The molecular formula is C13H20N2O. The van der Waals surface area contributed by atoms with E-state index in [-0.39, 0.29) is 11.5 Å². The molecule has 3 heteroatoms. The molecular weight excluding hydrogens is 200 g/mol. The minimum atomic E-state index is 0.0881. The molecule has 1 atom stereocenters. The molecule has 3 nitrogen and oxygen atoms in total. The summed E-state index contributed by atoms with van der Waals surface area (Å²) >= 11 is 0. The van der Waals surface area contributed by atoms with Crippen LogP contribution < -0.4 is 10.5 Å². The van der Waals surface area contributed by atoms with Crippen molar-refractivity contribution in [1.82, 2.24) is 4.98 Å². The van der Waals surface area contributed by atoms with Gasteiger partial charge in [0.1, 0.15) is 5.75 Å². The van der Waals surface area contributed by atoms with Gasteiger partial charge in [-0.1, -0.05) is 13.8 Å². The van der Waals surface area contributed by atoms with Crippen LogP contribution in [0.2, 0.25) is 0 Å². The lowest BCUT2D eigenvalue weighted by Crippen LogP contribution is -2.20. The summed E-state index contributed by atoms with van der Waals surface area (Å²) in [5.41, 5.74) is 7.61. The Kier molecular flexibility index (Phi) is 3.15. The number of aromatic nitrogens is 1. The van der Waals surface area contributed by atoms with Crippen LogP contribution in [0.5, 0.6) is 5.75 Å². The van der Waals surface area contributed by atoms with Gasteiger partial charge < -0.3 is 10.5 Å². The molecule has 0 aliphatic heterocycles. The number of hydrogen-bond donors (Lipinski definition) is 1. The van der Waals surface area contributed by atoms with Crippen LogP contribution in [0.25, 0.3) is 0 Å². The molecule has 0 saturated heterocycles. The molecule has 1 unspecified atom stereocenters. The first-order valence-electron chi connectivity index (χ1n) is 5.99. The predicted molar refractivity (Wildman–Crippen MR) is 64.3 cm³/mol. The van der Waals surface area contributed by atoms with Crippen LogP contribution in [-0.2, 0) is 0 Å². The first kappa shape index (κ1) is 11.4. The smallest absolute Gasteiger partial charge is 0.137 e. The normalized spacial score (nSPS) is 19.2. The first-order valence-corrected chi connectivity index (χ1v) is 5.99. The fourth-order valence-electron chi connectivity index (χ4n) is 1.82. The standard InChI is InChI=1S/C13H20N2O/c1-3-6-16-11-7-10(8-15-9-11)12(14)13(2)4-5-13/h7-9,12H,3-6,14H2,1-2H3. The van der Waals surface area contributed by atoms with Crippen LogP contribution in [0.3, 0.4) is 0 Å². The van der Waals surface area contributed by atoms with Crippen LogP contribution in [0.4, 0.5) is 0 Å². The quantitative estimate of drug-likeness (QED) is 0.830. The third-order valence-corrected chi connectivity index (χ3v) is 3.36. The molecule has 1 aliphatic carbocycles. The molecule has 2 N–H and O–H groups in total. The van der Waals surface area contributed by atoms with Crippen molar-refractivity contribution in [3.05, 3.63) is 24.0 Å². The molecule has 1 aromatic rings. The van der Waals surface area contributed by atoms with Crippen molar-refractivity contribution in [2.24, 2.45) is 11.1 Å². The van der Waals surface area contributed by atoms with E-state index in [1.54, 1.807) is 6.20 Å². The number of rotatable bonds is 5. The van der Waals surface area contributed by atoms with Gasteiger partial charge in [-0.2, -0.15) is 0 Å². The van der Waals surface area contributed by atoms with Crippen molar-refractivity contribution in [1.29, 1.82) is 0 Å². The van der Waals surface area contributed by atoms with Gasteiger partial charge in [0.15, 0.2) is 0 Å². The van der Waals surface area contributed by atoms with E-state index >= 15 is 0 Å². The Balaban J connectivity index is 2.09. The maximum absolute atomic E-state index is 6.24. The second-order valence-corrected chi connectivity index (χ2v) is 4.93. The van der Waals surface area contributed by atoms with Crippen molar-refractivity contribution in [2.75, 3.05) is 6.61 Å². The molecule has 0 aromatic carbocycles. The summed E-state index contributed by atoms with van der Waals surface area (Å²) in [4.78, 5) is 4.19. The molecule has 1 saturated carbocycles. The number of hydrogen-bond acceptors (Lipinski definition) is 3. The first-order chi connectivity index (χ1) is 7.65. The lowest BCUT2D eigenvalue weighted by atomic mass is 9.94. The van der Waals surface area contributed by atoms with E-state index in [0.29, 0.717) is 0 Å². The van der Waals surface area contributed by atoms with Gasteiger partial charge in [0.25, 0.3) is 0 Å². The van der Waals surface area contributed by atoms with Crippen LogP contribution in [0, 0.1) is 5.41 Å². The van der Waals surface area contributed by atoms with Crippen molar-refractivity contribution in [3.8, 4) is 5.75 Å². The zero-order valence-electron chi connectivity index (χ0n) is 10.1. The summed E-state index contributed by atoms with van der Waals surface area (Å²) in [6.07, 6.45) is 7.05. The SMILES string of the molecule is CCCOc1cncc(C(N)C2(C)CC2)c1. The summed E-state index contributed by atoms with van der Waals surface area (Å²) in [7, 11) is 0. The Morgan fingerprint density at radius 3 is 2.88 bits per heavy atom. The number of pyridine rings is 1. The number of nitrogens with zero attached hydrogens (tertiary/aromatic N) is 1. The largest absolute Gasteiger partial charge is 0.492 e. The van der Waals surface area contributed by atoms with Crippen LogP contribution in [-0.4, -0.2) is 11.6 Å². The molecule has 0 amide bonds. The van der Waals surface area contributed by atoms with E-state index in [9.17, 15) is 0 Å². The van der Waals surface area contributed by atoms with E-state index in [1.165, 1.54) is 12.8 Å². The molecule has 0 radical (unpaired) electrons. The fraction of sp³-hybridized carbons (Fsp3) is 0.615. The summed E-state index contributed by atoms with van der Waals surface area (Å²) < 4.78 is 5.56. The van der Waals surface area contributed by atoms with E-state index in [0.717, 1.165) is 24.3 Å². The highest BCUT2D eigenvalue weighted by Gasteiger charge is 2.43. The summed E-state index contributed by atoms with van der Waals surface area (Å²) in [6, 6.07) is 2.11. The monoisotopic (exact) mass is 220 g/mol. The van der Waals surface area contributed by atoms with Crippen molar-refractivity contribution < 1.29 is 4.74 Å². The average Bonchev–Trinajstić information content (AvgIpc) is 3.05. The predicted octanol–water partition coefficient (Wildman–Crippen LogP) is 2.67. The average molecular weight is 220 g/mol. The zero-order valence-corrected chi connectivity index (χ0v) is 10.1. The van der Waals surface area contributed by atoms with Crippen molar-refractivity contribution in [3.63, 3.8) is 0 Å². The molecule has 16 heavy (non-hydrogen) atoms. The third kappa shape index (κ3) is 2.35. The Morgan fingerprint density at radius 1 is 1.50 bits per heavy atom. The fourth-order valence-corrected chi connectivity index (χ4v) is 1.82. The highest BCUT2D eigenvalue weighted by atomic mass is 16.5. The molecule has 2 rings (SSSR count). The maximum atomic E-state index is 6.24. The number of nitrogens with two attached hydrogens (primary N) is 1. The van der Waals surface area contributed by atoms with Crippen LogP contribution in [0.15, 0.2) is 18.5 Å². The zero-order chi connectivity index (χ0) is 11.6. The number of ether oxygens (including phenoxy) is 1. The highest BCUT2D eigenvalue weighted by molar-refractivity contribution is 5.28. The molecule has 0 spiro atoms. The minimum absolute atomic E-state index is 0.0881. The highest BCUT2D eigenvalue weighted by Crippen LogP contribution is 2.53. The maximum Gasteiger partial charge on any atom is 0.137 e. The second kappa shape index (κ2) is 4.42. The molecule has 1 fully saturated rings.